The fourth-order valence-electron chi connectivity index (χ4n) is 3.17. The summed E-state index contributed by atoms with van der Waals surface area (Å²) < 4.78 is 0. The number of hydrogen-bond donors (Lipinski definition) is 2. The molecule has 0 spiro atoms. The number of benzene rings is 1. The van der Waals surface area contributed by atoms with Crippen molar-refractivity contribution in [2.24, 2.45) is 5.92 Å². The van der Waals surface area contributed by atoms with Crippen LogP contribution in [0.1, 0.15) is 36.8 Å². The summed E-state index contributed by atoms with van der Waals surface area (Å²) in [5.41, 5.74) is 2.40. The molecular formula is C18H28N2O2S. The van der Waals surface area contributed by atoms with Crippen molar-refractivity contribution in [2.45, 2.75) is 50.1 Å². The standard InChI is InChI=1S/C18H28N2O2S/c1-13-4-7-15(17(10-13)23-3)11-19-18(22)20(2)16-8-5-14(12-21)6-9-16/h4,7,10,14,16,21H,5-6,8-9,11-12H2,1-3H3,(H,19,22). The number of hydrogen-bond acceptors (Lipinski definition) is 3. The lowest BCUT2D eigenvalue weighted by Crippen LogP contribution is -2.45. The number of amides is 2. The van der Waals surface area contributed by atoms with Gasteiger partial charge in [0.05, 0.1) is 0 Å². The van der Waals surface area contributed by atoms with E-state index in [-0.39, 0.29) is 18.7 Å². The van der Waals surface area contributed by atoms with E-state index in [0.717, 1.165) is 31.2 Å². The Kier molecular flexibility index (Phi) is 6.78. The van der Waals surface area contributed by atoms with Crippen LogP contribution >= 0.6 is 11.8 Å². The normalized spacial score (nSPS) is 21.0. The number of aryl methyl sites for hydroxylation is 1. The first-order valence-corrected chi connectivity index (χ1v) is 9.52. The van der Waals surface area contributed by atoms with Crippen molar-refractivity contribution >= 4 is 17.8 Å². The summed E-state index contributed by atoms with van der Waals surface area (Å²) >= 11 is 1.71. The molecule has 0 heterocycles. The number of nitrogens with zero attached hydrogens (tertiary/aromatic N) is 1. The van der Waals surface area contributed by atoms with Crippen LogP contribution in [-0.2, 0) is 6.54 Å². The number of urea groups is 1. The Bertz CT molecular complexity index is 528. The zero-order chi connectivity index (χ0) is 16.8. The highest BCUT2D eigenvalue weighted by Gasteiger charge is 2.26. The summed E-state index contributed by atoms with van der Waals surface area (Å²) in [6.07, 6.45) is 6.04. The van der Waals surface area contributed by atoms with E-state index in [0.29, 0.717) is 12.5 Å². The molecule has 0 bridgehead atoms. The highest BCUT2D eigenvalue weighted by atomic mass is 32.2. The molecule has 2 amide bonds. The number of thioether (sulfide) groups is 1. The molecule has 0 atom stereocenters. The van der Waals surface area contributed by atoms with Crippen LogP contribution in [0.25, 0.3) is 0 Å². The molecule has 1 saturated carbocycles. The summed E-state index contributed by atoms with van der Waals surface area (Å²) in [5, 5.41) is 12.2. The third-order valence-electron chi connectivity index (χ3n) is 4.82. The average Bonchev–Trinajstić information content (AvgIpc) is 2.59. The molecule has 5 heteroatoms. The molecule has 1 aromatic carbocycles. The van der Waals surface area contributed by atoms with Crippen LogP contribution in [0.2, 0.25) is 0 Å². The number of aliphatic hydroxyl groups is 1. The van der Waals surface area contributed by atoms with Crippen LogP contribution in [0.5, 0.6) is 0 Å². The molecule has 1 aromatic rings. The highest BCUT2D eigenvalue weighted by molar-refractivity contribution is 7.98. The number of carbonyl (C=O) groups is 1. The first kappa shape index (κ1) is 18.1. The van der Waals surface area contributed by atoms with E-state index in [1.807, 2.05) is 11.9 Å². The molecule has 23 heavy (non-hydrogen) atoms. The van der Waals surface area contributed by atoms with Crippen LogP contribution in [0.3, 0.4) is 0 Å². The van der Waals surface area contributed by atoms with Gasteiger partial charge in [-0.1, -0.05) is 12.1 Å². The van der Waals surface area contributed by atoms with Gasteiger partial charge in [0.2, 0.25) is 0 Å². The average molecular weight is 337 g/mol. The van der Waals surface area contributed by atoms with Crippen LogP contribution < -0.4 is 5.32 Å². The van der Waals surface area contributed by atoms with Crippen LogP contribution in [-0.4, -0.2) is 42.0 Å². The topological polar surface area (TPSA) is 52.6 Å². The number of nitrogens with one attached hydrogen (secondary N) is 1. The predicted octanol–water partition coefficient (Wildman–Crippen LogP) is 3.41. The Labute approximate surface area is 143 Å². The Balaban J connectivity index is 1.87. The van der Waals surface area contributed by atoms with Gasteiger partial charge in [0.1, 0.15) is 0 Å². The van der Waals surface area contributed by atoms with Crippen molar-refractivity contribution in [3.63, 3.8) is 0 Å². The fourth-order valence-corrected chi connectivity index (χ4v) is 3.88. The van der Waals surface area contributed by atoms with Gasteiger partial charge in [-0.25, -0.2) is 4.79 Å². The van der Waals surface area contributed by atoms with Crippen molar-refractivity contribution in [3.8, 4) is 0 Å². The second-order valence-corrected chi connectivity index (χ2v) is 7.29. The Morgan fingerprint density at radius 1 is 1.35 bits per heavy atom. The van der Waals surface area contributed by atoms with E-state index >= 15 is 0 Å². The first-order valence-electron chi connectivity index (χ1n) is 8.30. The van der Waals surface area contributed by atoms with Gasteiger partial charge in [-0.15, -0.1) is 11.8 Å². The minimum Gasteiger partial charge on any atom is -0.396 e. The fraction of sp³-hybridized carbons (Fsp3) is 0.611. The molecule has 1 aliphatic carbocycles. The van der Waals surface area contributed by atoms with Gasteiger partial charge in [-0.3, -0.25) is 0 Å². The highest BCUT2D eigenvalue weighted by Crippen LogP contribution is 2.27. The molecule has 1 fully saturated rings. The number of carbonyl (C=O) groups excluding carboxylic acids is 1. The minimum atomic E-state index is -0.00919. The smallest absolute Gasteiger partial charge is 0.317 e. The quantitative estimate of drug-likeness (QED) is 0.810. The number of rotatable bonds is 5. The summed E-state index contributed by atoms with van der Waals surface area (Å²) in [4.78, 5) is 15.4. The van der Waals surface area contributed by atoms with Crippen molar-refractivity contribution in [1.29, 1.82) is 0 Å². The minimum absolute atomic E-state index is 0.00919. The monoisotopic (exact) mass is 336 g/mol. The lowest BCUT2D eigenvalue weighted by Gasteiger charge is -2.34. The Hall–Kier alpha value is -1.20. The summed E-state index contributed by atoms with van der Waals surface area (Å²) in [7, 11) is 1.88. The molecule has 0 aromatic heterocycles. The van der Waals surface area contributed by atoms with E-state index in [9.17, 15) is 9.90 Å². The SMILES string of the molecule is CSc1cc(C)ccc1CNC(=O)N(C)C1CCC(CO)CC1. The van der Waals surface area contributed by atoms with E-state index in [1.165, 1.54) is 10.5 Å². The van der Waals surface area contributed by atoms with Crippen molar-refractivity contribution in [3.05, 3.63) is 29.3 Å². The Morgan fingerprint density at radius 2 is 2.04 bits per heavy atom. The molecule has 0 radical (unpaired) electrons. The van der Waals surface area contributed by atoms with Gasteiger partial charge >= 0.3 is 6.03 Å². The molecule has 1 aliphatic rings. The van der Waals surface area contributed by atoms with E-state index in [4.69, 9.17) is 0 Å². The van der Waals surface area contributed by atoms with Gasteiger partial charge in [-0.05, 0) is 62.0 Å². The van der Waals surface area contributed by atoms with Gasteiger partial charge in [0.15, 0.2) is 0 Å². The molecule has 2 N–H and O–H groups in total. The van der Waals surface area contributed by atoms with Crippen molar-refractivity contribution in [1.82, 2.24) is 10.2 Å². The molecular weight excluding hydrogens is 308 g/mol. The molecule has 0 saturated heterocycles. The molecule has 128 valence electrons. The van der Waals surface area contributed by atoms with Crippen LogP contribution in [0.15, 0.2) is 23.1 Å². The molecule has 0 unspecified atom stereocenters. The maximum absolute atomic E-state index is 12.4. The van der Waals surface area contributed by atoms with E-state index in [2.05, 4.69) is 36.7 Å². The van der Waals surface area contributed by atoms with E-state index < -0.39 is 0 Å². The van der Waals surface area contributed by atoms with Gasteiger partial charge in [0.25, 0.3) is 0 Å². The maximum atomic E-state index is 12.4. The van der Waals surface area contributed by atoms with Gasteiger partial charge in [0, 0.05) is 31.1 Å². The second-order valence-electron chi connectivity index (χ2n) is 6.44. The largest absolute Gasteiger partial charge is 0.396 e. The zero-order valence-corrected chi connectivity index (χ0v) is 15.2. The summed E-state index contributed by atoms with van der Waals surface area (Å²) in [6.45, 7) is 2.91. The lowest BCUT2D eigenvalue weighted by molar-refractivity contribution is 0.134. The zero-order valence-electron chi connectivity index (χ0n) is 14.3. The van der Waals surface area contributed by atoms with Crippen LogP contribution in [0.4, 0.5) is 4.79 Å². The maximum Gasteiger partial charge on any atom is 0.317 e. The predicted molar refractivity (Wildman–Crippen MR) is 95.8 cm³/mol. The van der Waals surface area contributed by atoms with Crippen molar-refractivity contribution in [2.75, 3.05) is 19.9 Å². The summed E-state index contributed by atoms with van der Waals surface area (Å²) in [5.74, 6) is 0.416. The lowest BCUT2D eigenvalue weighted by atomic mass is 9.86. The van der Waals surface area contributed by atoms with Crippen LogP contribution in [0, 0.1) is 12.8 Å². The van der Waals surface area contributed by atoms with Gasteiger partial charge < -0.3 is 15.3 Å². The summed E-state index contributed by atoms with van der Waals surface area (Å²) in [6, 6.07) is 6.61. The second kappa shape index (κ2) is 8.60. The molecule has 0 aliphatic heterocycles. The van der Waals surface area contributed by atoms with Crippen molar-refractivity contribution < 1.29 is 9.90 Å². The Morgan fingerprint density at radius 3 is 2.65 bits per heavy atom. The molecule has 2 rings (SSSR count). The third-order valence-corrected chi connectivity index (χ3v) is 5.64. The number of aliphatic hydroxyl groups excluding tert-OH is 1. The van der Waals surface area contributed by atoms with E-state index in [1.54, 1.807) is 11.8 Å². The first-order chi connectivity index (χ1) is 11.0. The van der Waals surface area contributed by atoms with Gasteiger partial charge in [-0.2, -0.15) is 0 Å². The molecule has 4 nitrogen and oxygen atoms in total. The third kappa shape index (κ3) is 4.88.